The molecule has 0 spiro atoms. The highest BCUT2D eigenvalue weighted by atomic mass is 16.5. The largest absolute Gasteiger partial charge is 0.387 e. The Balaban J connectivity index is 1.13. The summed E-state index contributed by atoms with van der Waals surface area (Å²) in [6, 6.07) is 11.0. The standard InChI is InChI=1S/C28H37N11O3/c1-2-39-36-27(35-37-39)23-21(41)20(40)22(42-23)26-31-19-24(29-17-10-6-7-11-17)33-28(34-25(19)32-26)30-18-12-13-38(15-18)14-16-8-4-3-5-9-16/h3-5,8-9,17-18,20-23,40-41H,2,6-7,10-15H2,1H3,(H3,29,30,31,32,33,34)/t18?,20-,21+,22+,23+/m1/s1. The Hall–Kier alpha value is -3.72. The summed E-state index contributed by atoms with van der Waals surface area (Å²) in [6.45, 7) is 5.22. The summed E-state index contributed by atoms with van der Waals surface area (Å²) in [5.74, 6) is 1.76. The van der Waals surface area contributed by atoms with Crippen molar-refractivity contribution in [2.24, 2.45) is 0 Å². The quantitative estimate of drug-likeness (QED) is 0.196. The second-order valence-corrected chi connectivity index (χ2v) is 11.5. The number of anilines is 2. The van der Waals surface area contributed by atoms with Gasteiger partial charge in [-0.1, -0.05) is 43.2 Å². The summed E-state index contributed by atoms with van der Waals surface area (Å²) in [5.41, 5.74) is 2.41. The molecule has 1 aromatic carbocycles. The number of aromatic nitrogens is 8. The molecular formula is C28H37N11O3. The van der Waals surface area contributed by atoms with Crippen LogP contribution < -0.4 is 10.6 Å². The smallest absolute Gasteiger partial charge is 0.227 e. The van der Waals surface area contributed by atoms with Gasteiger partial charge in [0, 0.05) is 31.7 Å². The molecule has 5 heterocycles. The molecular weight excluding hydrogens is 538 g/mol. The SMILES string of the molecule is CCn1nnc([C@H]2O[C@H](c3nc4nc(NC5CCN(Cc6ccccc6)C5)nc(NC5CCCC5)c4[nH]3)[C@H](O)[C@@H]2O)n1. The van der Waals surface area contributed by atoms with E-state index >= 15 is 0 Å². The Labute approximate surface area is 242 Å². The first-order valence-electron chi connectivity index (χ1n) is 14.9. The minimum absolute atomic E-state index is 0.212. The summed E-state index contributed by atoms with van der Waals surface area (Å²) in [4.78, 5) is 21.5. The van der Waals surface area contributed by atoms with Crippen LogP contribution in [0.1, 0.15) is 68.4 Å². The molecule has 4 aromatic rings. The Morgan fingerprint density at radius 1 is 0.976 bits per heavy atom. The van der Waals surface area contributed by atoms with Crippen LogP contribution in [0.4, 0.5) is 11.8 Å². The number of benzene rings is 1. The Morgan fingerprint density at radius 2 is 1.79 bits per heavy atom. The number of aliphatic hydroxyl groups is 2. The van der Waals surface area contributed by atoms with Crippen LogP contribution in [-0.2, 0) is 17.8 Å². The van der Waals surface area contributed by atoms with Gasteiger partial charge in [-0.05, 0) is 37.0 Å². The molecule has 3 fully saturated rings. The fourth-order valence-electron chi connectivity index (χ4n) is 6.22. The molecule has 2 saturated heterocycles. The molecule has 5 atom stereocenters. The normalized spacial score (nSPS) is 26.9. The van der Waals surface area contributed by atoms with Crippen LogP contribution in [0.25, 0.3) is 11.2 Å². The summed E-state index contributed by atoms with van der Waals surface area (Å²) in [5, 5.41) is 41.0. The molecule has 3 aromatic heterocycles. The van der Waals surface area contributed by atoms with Gasteiger partial charge in [0.15, 0.2) is 17.6 Å². The monoisotopic (exact) mass is 575 g/mol. The topological polar surface area (TPSA) is 175 Å². The van der Waals surface area contributed by atoms with Gasteiger partial charge in [-0.15, -0.1) is 10.2 Å². The lowest BCUT2D eigenvalue weighted by Gasteiger charge is -2.18. The van der Waals surface area contributed by atoms with Gasteiger partial charge in [-0.25, -0.2) is 4.98 Å². The van der Waals surface area contributed by atoms with E-state index in [-0.39, 0.29) is 11.9 Å². The number of likely N-dealkylation sites (tertiary alicyclic amines) is 1. The summed E-state index contributed by atoms with van der Waals surface area (Å²) >= 11 is 0. The van der Waals surface area contributed by atoms with E-state index < -0.39 is 24.4 Å². The number of aliphatic hydroxyl groups excluding tert-OH is 2. The number of nitrogens with one attached hydrogen (secondary N) is 3. The lowest BCUT2D eigenvalue weighted by atomic mass is 10.1. The number of hydrogen-bond donors (Lipinski definition) is 5. The molecule has 14 heteroatoms. The molecule has 1 aliphatic carbocycles. The van der Waals surface area contributed by atoms with Gasteiger partial charge in [0.1, 0.15) is 29.7 Å². The van der Waals surface area contributed by atoms with E-state index in [0.29, 0.717) is 41.3 Å². The van der Waals surface area contributed by atoms with Crippen LogP contribution in [0.2, 0.25) is 0 Å². The van der Waals surface area contributed by atoms with Crippen LogP contribution in [0.15, 0.2) is 30.3 Å². The van der Waals surface area contributed by atoms with Gasteiger partial charge in [0.25, 0.3) is 0 Å². The van der Waals surface area contributed by atoms with E-state index in [4.69, 9.17) is 19.7 Å². The van der Waals surface area contributed by atoms with Crippen molar-refractivity contribution in [1.29, 1.82) is 0 Å². The van der Waals surface area contributed by atoms with Crippen LogP contribution >= 0.6 is 0 Å². The van der Waals surface area contributed by atoms with Crippen molar-refractivity contribution in [2.45, 2.75) is 88.6 Å². The molecule has 5 N–H and O–H groups in total. The van der Waals surface area contributed by atoms with Crippen molar-refractivity contribution >= 4 is 22.9 Å². The average Bonchev–Trinajstić information content (AvgIpc) is 3.83. The zero-order valence-corrected chi connectivity index (χ0v) is 23.6. The Morgan fingerprint density at radius 3 is 2.57 bits per heavy atom. The molecule has 0 radical (unpaired) electrons. The maximum atomic E-state index is 10.9. The maximum absolute atomic E-state index is 10.9. The number of hydrogen-bond acceptors (Lipinski definition) is 12. The number of rotatable bonds is 9. The molecule has 2 aliphatic heterocycles. The number of fused-ring (bicyclic) bond motifs is 1. The highest BCUT2D eigenvalue weighted by molar-refractivity contribution is 5.84. The lowest BCUT2D eigenvalue weighted by molar-refractivity contribution is -0.00236. The van der Waals surface area contributed by atoms with E-state index in [2.05, 4.69) is 60.2 Å². The number of H-pyrrole nitrogens is 1. The van der Waals surface area contributed by atoms with E-state index in [9.17, 15) is 10.2 Å². The van der Waals surface area contributed by atoms with Crippen LogP contribution in [0.3, 0.4) is 0 Å². The molecule has 1 saturated carbocycles. The van der Waals surface area contributed by atoms with Crippen molar-refractivity contribution in [2.75, 3.05) is 23.7 Å². The van der Waals surface area contributed by atoms with Gasteiger partial charge < -0.3 is 30.6 Å². The lowest BCUT2D eigenvalue weighted by Crippen LogP contribution is -2.27. The van der Waals surface area contributed by atoms with Gasteiger partial charge in [-0.3, -0.25) is 4.90 Å². The molecule has 42 heavy (non-hydrogen) atoms. The van der Waals surface area contributed by atoms with Crippen molar-refractivity contribution in [3.8, 4) is 0 Å². The summed E-state index contributed by atoms with van der Waals surface area (Å²) < 4.78 is 6.06. The fraction of sp³-hybridized carbons (Fsp3) is 0.571. The predicted molar refractivity (Wildman–Crippen MR) is 153 cm³/mol. The molecule has 1 unspecified atom stereocenters. The Bertz CT molecular complexity index is 1510. The first kappa shape index (κ1) is 27.1. The fourth-order valence-corrected chi connectivity index (χ4v) is 6.22. The summed E-state index contributed by atoms with van der Waals surface area (Å²) in [6.07, 6.45) is 1.18. The number of aromatic amines is 1. The molecule has 0 amide bonds. The number of tetrazole rings is 1. The molecule has 222 valence electrons. The second-order valence-electron chi connectivity index (χ2n) is 11.5. The zero-order chi connectivity index (χ0) is 28.6. The zero-order valence-electron chi connectivity index (χ0n) is 23.6. The van der Waals surface area contributed by atoms with E-state index in [1.807, 2.05) is 13.0 Å². The maximum Gasteiger partial charge on any atom is 0.227 e. The van der Waals surface area contributed by atoms with Crippen molar-refractivity contribution < 1.29 is 14.9 Å². The van der Waals surface area contributed by atoms with E-state index in [1.165, 1.54) is 23.2 Å². The first-order valence-corrected chi connectivity index (χ1v) is 14.9. The van der Waals surface area contributed by atoms with Crippen molar-refractivity contribution in [3.63, 3.8) is 0 Å². The third-order valence-corrected chi connectivity index (χ3v) is 8.46. The van der Waals surface area contributed by atoms with Crippen molar-refractivity contribution in [3.05, 3.63) is 47.5 Å². The number of aryl methyl sites for hydroxylation is 1. The van der Waals surface area contributed by atoms with Crippen molar-refractivity contribution in [1.82, 2.24) is 45.0 Å². The van der Waals surface area contributed by atoms with Gasteiger partial charge >= 0.3 is 0 Å². The average molecular weight is 576 g/mol. The van der Waals surface area contributed by atoms with Gasteiger partial charge in [0.2, 0.25) is 11.8 Å². The Kier molecular flexibility index (Phi) is 7.44. The third-order valence-electron chi connectivity index (χ3n) is 8.46. The van der Waals surface area contributed by atoms with Crippen LogP contribution in [0.5, 0.6) is 0 Å². The molecule has 7 rings (SSSR count). The van der Waals surface area contributed by atoms with Gasteiger partial charge in [-0.2, -0.15) is 14.8 Å². The highest BCUT2D eigenvalue weighted by Crippen LogP contribution is 2.40. The first-order chi connectivity index (χ1) is 20.5. The van der Waals surface area contributed by atoms with Crippen LogP contribution in [0, 0.1) is 0 Å². The number of ether oxygens (including phenoxy) is 1. The number of nitrogens with zero attached hydrogens (tertiary/aromatic N) is 8. The molecule has 14 nitrogen and oxygen atoms in total. The minimum atomic E-state index is -1.24. The minimum Gasteiger partial charge on any atom is -0.387 e. The van der Waals surface area contributed by atoms with E-state index in [1.54, 1.807) is 0 Å². The number of imidazole rings is 1. The predicted octanol–water partition coefficient (Wildman–Crippen LogP) is 1.93. The molecule has 0 bridgehead atoms. The molecule has 3 aliphatic rings. The van der Waals surface area contributed by atoms with Gasteiger partial charge in [0.05, 0.1) is 6.54 Å². The van der Waals surface area contributed by atoms with E-state index in [0.717, 1.165) is 38.9 Å². The highest BCUT2D eigenvalue weighted by Gasteiger charge is 2.47. The van der Waals surface area contributed by atoms with Crippen LogP contribution in [-0.4, -0.2) is 92.6 Å². The third kappa shape index (κ3) is 5.42. The summed E-state index contributed by atoms with van der Waals surface area (Å²) in [7, 11) is 0. The second kappa shape index (κ2) is 11.5.